The highest BCUT2D eigenvalue weighted by molar-refractivity contribution is 9.10. The Balaban J connectivity index is 2.06. The van der Waals surface area contributed by atoms with Crippen LogP contribution in [0.3, 0.4) is 0 Å². The Labute approximate surface area is 149 Å². The van der Waals surface area contributed by atoms with Crippen molar-refractivity contribution < 1.29 is 9.16 Å². The van der Waals surface area contributed by atoms with Crippen molar-refractivity contribution in [3.63, 3.8) is 0 Å². The van der Waals surface area contributed by atoms with Crippen LogP contribution in [0.1, 0.15) is 26.3 Å². The van der Waals surface area contributed by atoms with Gasteiger partial charge in [0.15, 0.2) is 0 Å². The van der Waals surface area contributed by atoms with E-state index in [0.29, 0.717) is 6.61 Å². The maximum absolute atomic E-state index is 6.35. The lowest BCUT2D eigenvalue weighted by atomic mass is 10.2. The van der Waals surface area contributed by atoms with Crippen molar-refractivity contribution in [2.24, 2.45) is 0 Å². The van der Waals surface area contributed by atoms with Crippen LogP contribution < -0.4 is 9.16 Å². The van der Waals surface area contributed by atoms with Gasteiger partial charge in [0.05, 0.1) is 4.47 Å². The largest absolute Gasteiger partial charge is 0.543 e. The molecule has 0 saturated carbocycles. The van der Waals surface area contributed by atoms with E-state index in [1.807, 2.05) is 36.4 Å². The molecule has 2 aromatic rings. The third kappa shape index (κ3) is 4.85. The Morgan fingerprint density at radius 1 is 1.00 bits per heavy atom. The van der Waals surface area contributed by atoms with Crippen molar-refractivity contribution in [2.75, 3.05) is 0 Å². The number of ether oxygens (including phenoxy) is 1. The Kier molecular flexibility index (Phi) is 5.58. The van der Waals surface area contributed by atoms with Crippen LogP contribution in [0, 0.1) is 0 Å². The molecule has 2 aromatic carbocycles. The van der Waals surface area contributed by atoms with Gasteiger partial charge in [0.1, 0.15) is 18.1 Å². The van der Waals surface area contributed by atoms with Gasteiger partial charge in [-0.25, -0.2) is 0 Å². The molecule has 4 heteroatoms. The summed E-state index contributed by atoms with van der Waals surface area (Å²) in [6.45, 7) is 11.8. The predicted molar refractivity (Wildman–Crippen MR) is 103 cm³/mol. The van der Waals surface area contributed by atoms with Crippen molar-refractivity contribution in [1.82, 2.24) is 0 Å². The third-order valence-corrected chi connectivity index (χ3v) is 9.29. The molecule has 0 aliphatic heterocycles. The fraction of sp³-hybridized carbons (Fsp3) is 0.368. The van der Waals surface area contributed by atoms with E-state index in [-0.39, 0.29) is 5.04 Å². The summed E-state index contributed by atoms with van der Waals surface area (Å²) in [6.07, 6.45) is 0. The number of halogens is 1. The first-order valence-corrected chi connectivity index (χ1v) is 11.5. The second kappa shape index (κ2) is 7.10. The normalized spacial score (nSPS) is 12.1. The van der Waals surface area contributed by atoms with Crippen molar-refractivity contribution in [3.05, 3.63) is 58.6 Å². The lowest BCUT2D eigenvalue weighted by Crippen LogP contribution is -2.43. The maximum Gasteiger partial charge on any atom is 0.250 e. The zero-order chi connectivity index (χ0) is 17.1. The summed E-state index contributed by atoms with van der Waals surface area (Å²) in [7, 11) is -1.84. The van der Waals surface area contributed by atoms with Crippen LogP contribution in [0.2, 0.25) is 18.1 Å². The van der Waals surface area contributed by atoms with Crippen molar-refractivity contribution in [3.8, 4) is 11.5 Å². The van der Waals surface area contributed by atoms with Gasteiger partial charge in [-0.15, -0.1) is 0 Å². The molecular weight excluding hydrogens is 368 g/mol. The summed E-state index contributed by atoms with van der Waals surface area (Å²) in [4.78, 5) is 0. The minimum Gasteiger partial charge on any atom is -0.543 e. The molecule has 0 saturated heterocycles. The highest BCUT2D eigenvalue weighted by Gasteiger charge is 2.39. The molecule has 0 aliphatic rings. The molecule has 0 atom stereocenters. The second-order valence-electron chi connectivity index (χ2n) is 7.23. The lowest BCUT2D eigenvalue weighted by Gasteiger charge is -2.36. The molecule has 0 bridgehead atoms. The smallest absolute Gasteiger partial charge is 0.250 e. The van der Waals surface area contributed by atoms with Gasteiger partial charge in [-0.1, -0.05) is 51.1 Å². The standard InChI is InChI=1S/C19H25BrO2Si/c1-19(2,3)23(4,5)22-18-12-11-16(13-17(18)20)21-14-15-9-7-6-8-10-15/h6-13H,14H2,1-5H3. The fourth-order valence-corrected chi connectivity index (χ4v) is 3.45. The third-order valence-electron chi connectivity index (χ3n) is 4.32. The first-order chi connectivity index (χ1) is 10.7. The van der Waals surface area contributed by atoms with Crippen LogP contribution in [0.5, 0.6) is 11.5 Å². The monoisotopic (exact) mass is 392 g/mol. The number of rotatable bonds is 5. The van der Waals surface area contributed by atoms with E-state index in [1.54, 1.807) is 0 Å². The summed E-state index contributed by atoms with van der Waals surface area (Å²) in [5.41, 5.74) is 1.16. The SMILES string of the molecule is CC(C)(C)[Si](C)(C)Oc1ccc(OCc2ccccc2)cc1Br. The van der Waals surface area contributed by atoms with E-state index < -0.39 is 8.32 Å². The maximum atomic E-state index is 6.35. The molecule has 0 aromatic heterocycles. The average Bonchev–Trinajstić information content (AvgIpc) is 2.47. The zero-order valence-corrected chi connectivity index (χ0v) is 17.1. The van der Waals surface area contributed by atoms with Gasteiger partial charge >= 0.3 is 0 Å². The van der Waals surface area contributed by atoms with Crippen LogP contribution in [0.15, 0.2) is 53.0 Å². The highest BCUT2D eigenvalue weighted by atomic mass is 79.9. The van der Waals surface area contributed by atoms with Gasteiger partial charge < -0.3 is 9.16 Å². The van der Waals surface area contributed by atoms with Gasteiger partial charge in [0, 0.05) is 0 Å². The van der Waals surface area contributed by atoms with Gasteiger partial charge in [-0.3, -0.25) is 0 Å². The molecule has 0 fully saturated rings. The molecule has 0 N–H and O–H groups in total. The van der Waals surface area contributed by atoms with Gasteiger partial charge in [-0.05, 0) is 57.8 Å². The van der Waals surface area contributed by atoms with E-state index in [2.05, 4.69) is 61.9 Å². The van der Waals surface area contributed by atoms with Gasteiger partial charge in [0.25, 0.3) is 8.32 Å². The van der Waals surface area contributed by atoms with Gasteiger partial charge in [0.2, 0.25) is 0 Å². The first-order valence-electron chi connectivity index (χ1n) is 7.84. The van der Waals surface area contributed by atoms with Crippen molar-refractivity contribution in [2.45, 2.75) is 45.5 Å². The topological polar surface area (TPSA) is 18.5 Å². The molecule has 0 heterocycles. The fourth-order valence-electron chi connectivity index (χ4n) is 1.82. The second-order valence-corrected chi connectivity index (χ2v) is 12.8. The molecule has 0 aliphatic carbocycles. The Morgan fingerprint density at radius 2 is 1.65 bits per heavy atom. The molecular formula is C19H25BrO2Si. The van der Waals surface area contributed by atoms with E-state index in [9.17, 15) is 0 Å². The number of hydrogen-bond donors (Lipinski definition) is 0. The summed E-state index contributed by atoms with van der Waals surface area (Å²) in [5, 5.41) is 0.176. The summed E-state index contributed by atoms with van der Waals surface area (Å²) >= 11 is 3.61. The molecule has 124 valence electrons. The predicted octanol–water partition coefficient (Wildman–Crippen LogP) is 6.41. The van der Waals surface area contributed by atoms with Crippen LogP contribution in [0.25, 0.3) is 0 Å². The molecule has 0 amide bonds. The first kappa shape index (κ1) is 18.1. The molecule has 2 nitrogen and oxygen atoms in total. The van der Waals surface area contributed by atoms with Crippen LogP contribution in [-0.2, 0) is 6.61 Å². The van der Waals surface area contributed by atoms with Crippen molar-refractivity contribution >= 4 is 24.2 Å². The molecule has 0 spiro atoms. The summed E-state index contributed by atoms with van der Waals surface area (Å²) in [5.74, 6) is 1.73. The van der Waals surface area contributed by atoms with E-state index in [4.69, 9.17) is 9.16 Å². The number of benzene rings is 2. The summed E-state index contributed by atoms with van der Waals surface area (Å²) < 4.78 is 13.1. The molecule has 0 radical (unpaired) electrons. The lowest BCUT2D eigenvalue weighted by molar-refractivity contribution is 0.305. The van der Waals surface area contributed by atoms with Gasteiger partial charge in [-0.2, -0.15) is 0 Å². The quantitative estimate of drug-likeness (QED) is 0.546. The van der Waals surface area contributed by atoms with Crippen LogP contribution in [-0.4, -0.2) is 8.32 Å². The Morgan fingerprint density at radius 3 is 2.22 bits per heavy atom. The Bertz CT molecular complexity index is 648. The highest BCUT2D eigenvalue weighted by Crippen LogP contribution is 2.40. The zero-order valence-electron chi connectivity index (χ0n) is 14.5. The Hall–Kier alpha value is -1.26. The molecule has 0 unspecified atom stereocenters. The molecule has 2 rings (SSSR count). The van der Waals surface area contributed by atoms with E-state index in [0.717, 1.165) is 21.5 Å². The van der Waals surface area contributed by atoms with E-state index in [1.165, 1.54) is 0 Å². The minimum absolute atomic E-state index is 0.176. The number of hydrogen-bond acceptors (Lipinski definition) is 2. The minimum atomic E-state index is -1.84. The average molecular weight is 393 g/mol. The van der Waals surface area contributed by atoms with Crippen LogP contribution in [0.4, 0.5) is 0 Å². The summed E-state index contributed by atoms with van der Waals surface area (Å²) in [6, 6.07) is 16.1. The molecule has 23 heavy (non-hydrogen) atoms. The van der Waals surface area contributed by atoms with Crippen molar-refractivity contribution in [1.29, 1.82) is 0 Å². The van der Waals surface area contributed by atoms with Crippen LogP contribution >= 0.6 is 15.9 Å². The van der Waals surface area contributed by atoms with E-state index >= 15 is 0 Å².